The third kappa shape index (κ3) is 5.22. The Kier molecular flexibility index (Phi) is 7.99. The second-order valence-electron chi connectivity index (χ2n) is 12.6. The van der Waals surface area contributed by atoms with Crippen LogP contribution in [0.1, 0.15) is 91.5 Å². The van der Waals surface area contributed by atoms with E-state index in [0.29, 0.717) is 16.6 Å². The van der Waals surface area contributed by atoms with Crippen molar-refractivity contribution in [1.82, 2.24) is 4.57 Å². The van der Waals surface area contributed by atoms with Gasteiger partial charge in [0, 0.05) is 23.4 Å². The molecule has 2 aromatic carbocycles. The van der Waals surface area contributed by atoms with Gasteiger partial charge in [0.15, 0.2) is 0 Å². The van der Waals surface area contributed by atoms with Crippen molar-refractivity contribution >= 4 is 25.3 Å². The number of benzene rings is 2. The van der Waals surface area contributed by atoms with Crippen LogP contribution in [0.4, 0.5) is 4.79 Å². The lowest BCUT2D eigenvalue weighted by Gasteiger charge is -2.43. The summed E-state index contributed by atoms with van der Waals surface area (Å²) in [7, 11) is -2.14. The Morgan fingerprint density at radius 1 is 0.868 bits per heavy atom. The van der Waals surface area contributed by atoms with Crippen LogP contribution in [-0.2, 0) is 15.6 Å². The molecular formula is C33H45NO3Si. The molecule has 1 aliphatic carbocycles. The molecule has 0 amide bonds. The molecule has 1 atom stereocenters. The van der Waals surface area contributed by atoms with Crippen LogP contribution in [0.25, 0.3) is 10.9 Å². The molecule has 0 saturated heterocycles. The summed E-state index contributed by atoms with van der Waals surface area (Å²) in [5, 5.41) is 1.10. The zero-order chi connectivity index (χ0) is 27.8. The Morgan fingerprint density at radius 2 is 1.45 bits per heavy atom. The molecule has 0 bridgehead atoms. The van der Waals surface area contributed by atoms with Crippen LogP contribution in [0.2, 0.25) is 16.6 Å². The Morgan fingerprint density at radius 3 is 2.03 bits per heavy atom. The van der Waals surface area contributed by atoms with Crippen LogP contribution in [0, 0.1) is 0 Å². The minimum atomic E-state index is -2.14. The minimum Gasteiger partial charge on any atom is -0.546 e. The van der Waals surface area contributed by atoms with E-state index < -0.39 is 13.9 Å². The quantitative estimate of drug-likeness (QED) is 0.297. The van der Waals surface area contributed by atoms with Crippen molar-refractivity contribution in [3.05, 3.63) is 83.3 Å². The summed E-state index contributed by atoms with van der Waals surface area (Å²) in [6, 6.07) is 18.8. The van der Waals surface area contributed by atoms with E-state index in [9.17, 15) is 4.79 Å². The van der Waals surface area contributed by atoms with E-state index in [2.05, 4.69) is 90.1 Å². The van der Waals surface area contributed by atoms with Gasteiger partial charge in [0.2, 0.25) is 0 Å². The Balaban J connectivity index is 1.93. The lowest BCUT2D eigenvalue weighted by atomic mass is 9.89. The molecule has 5 heteroatoms. The maximum absolute atomic E-state index is 13.6. The van der Waals surface area contributed by atoms with E-state index in [-0.39, 0.29) is 12.0 Å². The zero-order valence-corrected chi connectivity index (χ0v) is 25.7. The third-order valence-corrected chi connectivity index (χ3v) is 14.1. The minimum absolute atomic E-state index is 0.0181. The summed E-state index contributed by atoms with van der Waals surface area (Å²) in [6.07, 6.45) is 3.51. The SMILES string of the molecule is CC(C)[Si](OC1=CC(c2ccccc2)c2c(n(C(=O)OC(C)(C)C)c3ccccc23)CC1)(C(C)C)C(C)C. The molecule has 4 rings (SSSR count). The van der Waals surface area contributed by atoms with Crippen molar-refractivity contribution in [3.8, 4) is 0 Å². The molecule has 204 valence electrons. The number of hydrogen-bond acceptors (Lipinski definition) is 3. The maximum atomic E-state index is 13.6. The first-order valence-corrected chi connectivity index (χ1v) is 16.3. The van der Waals surface area contributed by atoms with Crippen LogP contribution < -0.4 is 0 Å². The largest absolute Gasteiger partial charge is 0.546 e. The number of para-hydroxylation sites is 1. The predicted octanol–water partition coefficient (Wildman–Crippen LogP) is 9.58. The zero-order valence-electron chi connectivity index (χ0n) is 24.7. The molecule has 3 aromatic rings. The van der Waals surface area contributed by atoms with Gasteiger partial charge in [-0.05, 0) is 67.1 Å². The molecule has 0 spiro atoms. The van der Waals surface area contributed by atoms with Crippen LogP contribution in [0.5, 0.6) is 0 Å². The second kappa shape index (κ2) is 10.8. The summed E-state index contributed by atoms with van der Waals surface area (Å²) in [4.78, 5) is 13.6. The van der Waals surface area contributed by atoms with Crippen molar-refractivity contribution in [3.63, 3.8) is 0 Å². The highest BCUT2D eigenvalue weighted by molar-refractivity contribution is 6.77. The van der Waals surface area contributed by atoms with Crippen molar-refractivity contribution in [2.45, 2.75) is 103 Å². The first kappa shape index (κ1) is 28.2. The van der Waals surface area contributed by atoms with Crippen LogP contribution in [-0.4, -0.2) is 24.6 Å². The molecule has 0 fully saturated rings. The number of carbonyl (C=O) groups is 1. The fourth-order valence-corrected chi connectivity index (χ4v) is 11.9. The summed E-state index contributed by atoms with van der Waals surface area (Å²) >= 11 is 0. The highest BCUT2D eigenvalue weighted by Crippen LogP contribution is 2.46. The number of ether oxygens (including phenoxy) is 1. The molecule has 1 aromatic heterocycles. The lowest BCUT2D eigenvalue weighted by Crippen LogP contribution is -2.47. The number of fused-ring (bicyclic) bond motifs is 3. The number of nitrogens with zero attached hydrogens (tertiary/aromatic N) is 1. The molecule has 38 heavy (non-hydrogen) atoms. The third-order valence-electron chi connectivity index (χ3n) is 8.04. The van der Waals surface area contributed by atoms with Crippen molar-refractivity contribution in [2.24, 2.45) is 0 Å². The van der Waals surface area contributed by atoms with Crippen molar-refractivity contribution in [2.75, 3.05) is 0 Å². The lowest BCUT2D eigenvalue weighted by molar-refractivity contribution is 0.0540. The summed E-state index contributed by atoms with van der Waals surface area (Å²) in [5.41, 5.74) is 5.19. The van der Waals surface area contributed by atoms with Gasteiger partial charge in [-0.15, -0.1) is 0 Å². The molecule has 1 heterocycles. The Labute approximate surface area is 230 Å². The first-order chi connectivity index (χ1) is 17.9. The van der Waals surface area contributed by atoms with Gasteiger partial charge in [-0.25, -0.2) is 9.36 Å². The Hall–Kier alpha value is -2.79. The van der Waals surface area contributed by atoms with Crippen LogP contribution in [0.3, 0.4) is 0 Å². The molecule has 1 aliphatic rings. The van der Waals surface area contributed by atoms with E-state index >= 15 is 0 Å². The van der Waals surface area contributed by atoms with Crippen LogP contribution in [0.15, 0.2) is 66.4 Å². The van der Waals surface area contributed by atoms with Gasteiger partial charge in [0.05, 0.1) is 11.3 Å². The standard InChI is InChI=1S/C33H45NO3Si/c1-22(2)38(23(3)4,24(5)6)37-26-19-20-30-31(28(21-26)25-15-11-10-12-16-25)27-17-13-14-18-29(27)34(30)32(35)36-33(7,8)9/h10-18,21-24,28H,19-20H2,1-9H3. The Bertz CT molecular complexity index is 1290. The monoisotopic (exact) mass is 531 g/mol. The van der Waals surface area contributed by atoms with Gasteiger partial charge in [0.1, 0.15) is 5.60 Å². The van der Waals surface area contributed by atoms with Gasteiger partial charge in [0.25, 0.3) is 8.32 Å². The fraction of sp³-hybridized carbons (Fsp3) is 0.485. The molecule has 0 radical (unpaired) electrons. The van der Waals surface area contributed by atoms with Crippen LogP contribution >= 0.6 is 0 Å². The van der Waals surface area contributed by atoms with E-state index in [4.69, 9.17) is 9.16 Å². The predicted molar refractivity (Wildman–Crippen MR) is 160 cm³/mol. The smallest absolute Gasteiger partial charge is 0.419 e. The highest BCUT2D eigenvalue weighted by atomic mass is 28.4. The number of allylic oxidation sites excluding steroid dienone is 2. The normalized spacial score (nSPS) is 16.5. The molecule has 4 nitrogen and oxygen atoms in total. The van der Waals surface area contributed by atoms with Gasteiger partial charge < -0.3 is 9.16 Å². The van der Waals surface area contributed by atoms with Crippen molar-refractivity contribution < 1.29 is 14.0 Å². The molecule has 0 aliphatic heterocycles. The van der Waals surface area contributed by atoms with Crippen molar-refractivity contribution in [1.29, 1.82) is 0 Å². The van der Waals surface area contributed by atoms with Gasteiger partial charge in [-0.3, -0.25) is 0 Å². The number of aromatic nitrogens is 1. The van der Waals surface area contributed by atoms with E-state index in [0.717, 1.165) is 35.2 Å². The maximum Gasteiger partial charge on any atom is 0.419 e. The van der Waals surface area contributed by atoms with Gasteiger partial charge >= 0.3 is 6.09 Å². The number of carbonyl (C=O) groups excluding carboxylic acids is 1. The summed E-state index contributed by atoms with van der Waals surface area (Å²) in [5.74, 6) is 1.05. The first-order valence-electron chi connectivity index (χ1n) is 14.2. The second-order valence-corrected chi connectivity index (χ2v) is 18.0. The molecule has 0 saturated carbocycles. The summed E-state index contributed by atoms with van der Waals surface area (Å²) in [6.45, 7) is 19.7. The highest BCUT2D eigenvalue weighted by Gasteiger charge is 2.47. The molecule has 1 unspecified atom stereocenters. The van der Waals surface area contributed by atoms with E-state index in [1.807, 2.05) is 37.5 Å². The van der Waals surface area contributed by atoms with E-state index in [1.165, 1.54) is 11.1 Å². The number of rotatable bonds is 6. The fourth-order valence-electron chi connectivity index (χ4n) is 6.61. The topological polar surface area (TPSA) is 40.5 Å². The van der Waals surface area contributed by atoms with E-state index in [1.54, 1.807) is 0 Å². The molecular weight excluding hydrogens is 486 g/mol. The average molecular weight is 532 g/mol. The number of hydrogen-bond donors (Lipinski definition) is 0. The summed E-state index contributed by atoms with van der Waals surface area (Å²) < 4.78 is 15.0. The van der Waals surface area contributed by atoms with Gasteiger partial charge in [-0.2, -0.15) is 0 Å². The van der Waals surface area contributed by atoms with Gasteiger partial charge in [-0.1, -0.05) is 90.1 Å². The molecule has 0 N–H and O–H groups in total. The average Bonchev–Trinajstić information content (AvgIpc) is 3.05.